The molecule has 0 fully saturated rings. The molecule has 1 atom stereocenters. The van der Waals surface area contributed by atoms with E-state index in [4.69, 9.17) is 5.73 Å². The van der Waals surface area contributed by atoms with Gasteiger partial charge in [0.15, 0.2) is 0 Å². The zero-order valence-electron chi connectivity index (χ0n) is 10.7. The van der Waals surface area contributed by atoms with Crippen molar-refractivity contribution in [3.05, 3.63) is 24.3 Å². The first kappa shape index (κ1) is 13.8. The third kappa shape index (κ3) is 3.97. The number of rotatable bonds is 4. The van der Waals surface area contributed by atoms with Crippen molar-refractivity contribution in [2.24, 2.45) is 5.73 Å². The second-order valence-corrected chi connectivity index (χ2v) is 4.16. The van der Waals surface area contributed by atoms with E-state index in [1.54, 1.807) is 6.92 Å². The molecule has 0 bridgehead atoms. The highest BCUT2D eigenvalue weighted by atomic mass is 16.2. The second-order valence-electron chi connectivity index (χ2n) is 4.16. The number of urea groups is 1. The molecule has 0 aliphatic rings. The molecule has 4 N–H and O–H groups in total. The van der Waals surface area contributed by atoms with Gasteiger partial charge in [-0.15, -0.1) is 0 Å². The van der Waals surface area contributed by atoms with Crippen LogP contribution in [0.1, 0.15) is 6.92 Å². The van der Waals surface area contributed by atoms with Crippen LogP contribution in [0.3, 0.4) is 0 Å². The summed E-state index contributed by atoms with van der Waals surface area (Å²) in [6, 6.07) is 6.20. The summed E-state index contributed by atoms with van der Waals surface area (Å²) in [4.78, 5) is 24.0. The van der Waals surface area contributed by atoms with Gasteiger partial charge in [-0.2, -0.15) is 0 Å². The van der Waals surface area contributed by atoms with Gasteiger partial charge in [0.1, 0.15) is 6.04 Å². The summed E-state index contributed by atoms with van der Waals surface area (Å²) >= 11 is 0. The summed E-state index contributed by atoms with van der Waals surface area (Å²) in [6.07, 6.45) is 0. The van der Waals surface area contributed by atoms with Crippen LogP contribution in [0.4, 0.5) is 16.2 Å². The van der Waals surface area contributed by atoms with Crippen molar-refractivity contribution in [1.29, 1.82) is 0 Å². The van der Waals surface area contributed by atoms with Crippen LogP contribution in [-0.2, 0) is 4.79 Å². The molecule has 1 unspecified atom stereocenters. The third-order valence-corrected chi connectivity index (χ3v) is 2.39. The fraction of sp³-hybridized carbons (Fsp3) is 0.333. The molecule has 0 aliphatic heterocycles. The molecular formula is C12H18N4O2. The van der Waals surface area contributed by atoms with Gasteiger partial charge in [0, 0.05) is 25.5 Å². The maximum atomic E-state index is 11.5. The SMILES string of the molecule is CC(Nc1cccc(N(C)C)c1)C(=O)NC(N)=O. The van der Waals surface area contributed by atoms with Crippen molar-refractivity contribution in [2.45, 2.75) is 13.0 Å². The molecule has 0 aromatic heterocycles. The number of nitrogens with one attached hydrogen (secondary N) is 2. The van der Waals surface area contributed by atoms with Crippen LogP contribution in [-0.4, -0.2) is 32.1 Å². The molecule has 0 saturated heterocycles. The fourth-order valence-corrected chi connectivity index (χ4v) is 1.42. The van der Waals surface area contributed by atoms with Gasteiger partial charge < -0.3 is 16.0 Å². The highest BCUT2D eigenvalue weighted by Gasteiger charge is 2.14. The molecule has 1 aromatic rings. The molecule has 98 valence electrons. The Labute approximate surface area is 106 Å². The lowest BCUT2D eigenvalue weighted by Gasteiger charge is -2.17. The van der Waals surface area contributed by atoms with Gasteiger partial charge in [0.2, 0.25) is 5.91 Å². The number of nitrogens with zero attached hydrogens (tertiary/aromatic N) is 1. The molecule has 0 aliphatic carbocycles. The molecule has 18 heavy (non-hydrogen) atoms. The maximum absolute atomic E-state index is 11.5. The number of benzene rings is 1. The highest BCUT2D eigenvalue weighted by Crippen LogP contribution is 2.17. The molecular weight excluding hydrogens is 232 g/mol. The van der Waals surface area contributed by atoms with Crippen molar-refractivity contribution in [2.75, 3.05) is 24.3 Å². The van der Waals surface area contributed by atoms with Gasteiger partial charge in [-0.1, -0.05) is 6.07 Å². The number of hydrogen-bond acceptors (Lipinski definition) is 4. The van der Waals surface area contributed by atoms with E-state index in [-0.39, 0.29) is 0 Å². The Bertz CT molecular complexity index is 445. The lowest BCUT2D eigenvalue weighted by molar-refractivity contribution is -0.120. The van der Waals surface area contributed by atoms with Crippen LogP contribution >= 0.6 is 0 Å². The fourth-order valence-electron chi connectivity index (χ4n) is 1.42. The predicted molar refractivity (Wildman–Crippen MR) is 71.6 cm³/mol. The topological polar surface area (TPSA) is 87.5 Å². The van der Waals surface area contributed by atoms with Gasteiger partial charge in [0.25, 0.3) is 0 Å². The van der Waals surface area contributed by atoms with Crippen LogP contribution in [0.2, 0.25) is 0 Å². The Morgan fingerprint density at radius 3 is 2.56 bits per heavy atom. The van der Waals surface area contributed by atoms with Gasteiger partial charge in [-0.05, 0) is 25.1 Å². The molecule has 1 aromatic carbocycles. The number of anilines is 2. The summed E-state index contributed by atoms with van der Waals surface area (Å²) in [6.45, 7) is 1.65. The number of amides is 3. The number of primary amides is 1. The third-order valence-electron chi connectivity index (χ3n) is 2.39. The summed E-state index contributed by atoms with van der Waals surface area (Å²) < 4.78 is 0. The number of nitrogens with two attached hydrogens (primary N) is 1. The summed E-state index contributed by atoms with van der Waals surface area (Å²) in [5, 5.41) is 5.02. The first-order valence-electron chi connectivity index (χ1n) is 5.54. The smallest absolute Gasteiger partial charge is 0.318 e. The molecule has 0 radical (unpaired) electrons. The van der Waals surface area contributed by atoms with Gasteiger partial charge in [-0.3, -0.25) is 10.1 Å². The lowest BCUT2D eigenvalue weighted by atomic mass is 10.2. The van der Waals surface area contributed by atoms with Crippen LogP contribution in [0.5, 0.6) is 0 Å². The molecule has 6 heteroatoms. The minimum absolute atomic E-state index is 0.460. The normalized spacial score (nSPS) is 11.5. The monoisotopic (exact) mass is 250 g/mol. The molecule has 6 nitrogen and oxygen atoms in total. The lowest BCUT2D eigenvalue weighted by Crippen LogP contribution is -2.43. The van der Waals surface area contributed by atoms with Crippen molar-refractivity contribution < 1.29 is 9.59 Å². The number of imide groups is 1. The molecule has 0 saturated carbocycles. The van der Waals surface area contributed by atoms with E-state index in [1.807, 2.05) is 48.6 Å². The summed E-state index contributed by atoms with van der Waals surface area (Å²) in [5.41, 5.74) is 6.70. The Morgan fingerprint density at radius 1 is 1.33 bits per heavy atom. The summed E-state index contributed by atoms with van der Waals surface area (Å²) in [5.74, 6) is -0.460. The van der Waals surface area contributed by atoms with Crippen molar-refractivity contribution >= 4 is 23.3 Å². The van der Waals surface area contributed by atoms with Gasteiger partial charge in [-0.25, -0.2) is 4.79 Å². The van der Waals surface area contributed by atoms with Crippen LogP contribution in [0, 0.1) is 0 Å². The Hall–Kier alpha value is -2.24. The zero-order valence-corrected chi connectivity index (χ0v) is 10.7. The van der Waals surface area contributed by atoms with Gasteiger partial charge in [0.05, 0.1) is 0 Å². The zero-order chi connectivity index (χ0) is 13.7. The van der Waals surface area contributed by atoms with E-state index in [9.17, 15) is 9.59 Å². The largest absolute Gasteiger partial charge is 0.378 e. The van der Waals surface area contributed by atoms with E-state index in [2.05, 4.69) is 5.32 Å². The first-order valence-corrected chi connectivity index (χ1v) is 5.54. The average Bonchev–Trinajstić information content (AvgIpc) is 2.28. The highest BCUT2D eigenvalue weighted by molar-refractivity contribution is 5.97. The Balaban J connectivity index is 2.69. The Kier molecular flexibility index (Phi) is 4.53. The summed E-state index contributed by atoms with van der Waals surface area (Å²) in [7, 11) is 3.87. The average molecular weight is 250 g/mol. The number of carbonyl (C=O) groups excluding carboxylic acids is 2. The minimum atomic E-state index is -0.851. The van der Waals surface area contributed by atoms with E-state index < -0.39 is 18.0 Å². The predicted octanol–water partition coefficient (Wildman–Crippen LogP) is 0.748. The minimum Gasteiger partial charge on any atom is -0.378 e. The first-order chi connectivity index (χ1) is 8.40. The number of carbonyl (C=O) groups is 2. The number of hydrogen-bond donors (Lipinski definition) is 3. The standard InChI is InChI=1S/C12H18N4O2/c1-8(11(17)15-12(13)18)14-9-5-4-6-10(7-9)16(2)3/h4-8,14H,1-3H3,(H3,13,15,17,18). The van der Waals surface area contributed by atoms with Crippen molar-refractivity contribution in [3.8, 4) is 0 Å². The van der Waals surface area contributed by atoms with Crippen molar-refractivity contribution in [3.63, 3.8) is 0 Å². The quantitative estimate of drug-likeness (QED) is 0.735. The van der Waals surface area contributed by atoms with Crippen LogP contribution < -0.4 is 21.3 Å². The van der Waals surface area contributed by atoms with E-state index in [0.717, 1.165) is 11.4 Å². The Morgan fingerprint density at radius 2 is 2.00 bits per heavy atom. The van der Waals surface area contributed by atoms with E-state index in [1.165, 1.54) is 0 Å². The molecule has 3 amide bonds. The molecule has 1 rings (SSSR count). The second kappa shape index (κ2) is 5.90. The molecule has 0 spiro atoms. The van der Waals surface area contributed by atoms with E-state index >= 15 is 0 Å². The van der Waals surface area contributed by atoms with Gasteiger partial charge >= 0.3 is 6.03 Å². The van der Waals surface area contributed by atoms with E-state index in [0.29, 0.717) is 0 Å². The molecule has 0 heterocycles. The van der Waals surface area contributed by atoms with Crippen molar-refractivity contribution in [1.82, 2.24) is 5.32 Å². The van der Waals surface area contributed by atoms with Crippen LogP contribution in [0.15, 0.2) is 24.3 Å². The van der Waals surface area contributed by atoms with Crippen LogP contribution in [0.25, 0.3) is 0 Å². The maximum Gasteiger partial charge on any atom is 0.318 e.